The number of ether oxygens (including phenoxy) is 3. The van der Waals surface area contributed by atoms with Gasteiger partial charge in [-0.25, -0.2) is 0 Å². The van der Waals surface area contributed by atoms with Crippen LogP contribution in [0.25, 0.3) is 0 Å². The SMILES string of the molecule is COc1cc(OC)c(N(C)CCl)c(OC)c1. The van der Waals surface area contributed by atoms with E-state index in [2.05, 4.69) is 0 Å². The molecule has 0 radical (unpaired) electrons. The molecule has 1 aromatic rings. The Kier molecular flexibility index (Phi) is 4.55. The summed E-state index contributed by atoms with van der Waals surface area (Å²) in [6.45, 7) is 0. The molecule has 1 rings (SSSR count). The summed E-state index contributed by atoms with van der Waals surface area (Å²) in [6, 6.07) is 3.93. The molecule has 0 bridgehead atoms. The Morgan fingerprint density at radius 3 is 1.88 bits per heavy atom. The second-order valence-corrected chi connectivity index (χ2v) is 3.44. The molecule has 0 fully saturated rings. The molecule has 0 saturated carbocycles. The van der Waals surface area contributed by atoms with Crippen LogP contribution in [0.3, 0.4) is 0 Å². The van der Waals surface area contributed by atoms with E-state index in [4.69, 9.17) is 25.8 Å². The monoisotopic (exact) mass is 245 g/mol. The zero-order valence-electron chi connectivity index (χ0n) is 9.91. The summed E-state index contributed by atoms with van der Waals surface area (Å²) in [5, 5.41) is 0. The molecule has 4 nitrogen and oxygen atoms in total. The predicted octanol–water partition coefficient (Wildman–Crippen LogP) is 2.34. The lowest BCUT2D eigenvalue weighted by Crippen LogP contribution is -2.16. The largest absolute Gasteiger partial charge is 0.496 e. The maximum atomic E-state index is 5.80. The number of alkyl halides is 1. The Bertz CT molecular complexity index is 332. The molecular weight excluding hydrogens is 230 g/mol. The first-order valence-electron chi connectivity index (χ1n) is 4.75. The van der Waals surface area contributed by atoms with Crippen molar-refractivity contribution in [3.05, 3.63) is 12.1 Å². The number of nitrogens with zero attached hydrogens (tertiary/aromatic N) is 1. The molecule has 0 aliphatic rings. The lowest BCUT2D eigenvalue weighted by molar-refractivity contribution is 0.376. The summed E-state index contributed by atoms with van der Waals surface area (Å²) in [7, 11) is 6.65. The van der Waals surface area contributed by atoms with Gasteiger partial charge in [-0.1, -0.05) is 0 Å². The van der Waals surface area contributed by atoms with Gasteiger partial charge in [0.1, 0.15) is 22.9 Å². The molecule has 0 N–H and O–H groups in total. The minimum atomic E-state index is 0.346. The highest BCUT2D eigenvalue weighted by Gasteiger charge is 2.16. The lowest BCUT2D eigenvalue weighted by atomic mass is 10.2. The Hall–Kier alpha value is -1.29. The van der Waals surface area contributed by atoms with Gasteiger partial charge in [0.2, 0.25) is 0 Å². The van der Waals surface area contributed by atoms with Crippen molar-refractivity contribution in [2.75, 3.05) is 39.3 Å². The summed E-state index contributed by atoms with van der Waals surface area (Å²) in [5.41, 5.74) is 0.806. The zero-order chi connectivity index (χ0) is 12.1. The molecular formula is C11H16ClNO3. The van der Waals surface area contributed by atoms with Crippen molar-refractivity contribution < 1.29 is 14.2 Å². The van der Waals surface area contributed by atoms with E-state index < -0.39 is 0 Å². The van der Waals surface area contributed by atoms with E-state index in [1.807, 2.05) is 11.9 Å². The standard InChI is InChI=1S/C11H16ClNO3/c1-13(7-12)11-9(15-3)5-8(14-2)6-10(11)16-4/h5-6H,7H2,1-4H3. The molecule has 0 atom stereocenters. The number of methoxy groups -OCH3 is 3. The number of halogens is 1. The van der Waals surface area contributed by atoms with Crippen LogP contribution < -0.4 is 19.1 Å². The van der Waals surface area contributed by atoms with Gasteiger partial charge in [-0.05, 0) is 0 Å². The first-order valence-corrected chi connectivity index (χ1v) is 5.28. The van der Waals surface area contributed by atoms with Gasteiger partial charge in [-0.2, -0.15) is 0 Å². The van der Waals surface area contributed by atoms with Crippen LogP contribution in [0.2, 0.25) is 0 Å². The molecule has 5 heteroatoms. The number of anilines is 1. The van der Waals surface area contributed by atoms with Gasteiger partial charge in [0.25, 0.3) is 0 Å². The highest BCUT2D eigenvalue weighted by atomic mass is 35.5. The Morgan fingerprint density at radius 2 is 1.56 bits per heavy atom. The van der Waals surface area contributed by atoms with E-state index in [9.17, 15) is 0 Å². The summed E-state index contributed by atoms with van der Waals surface area (Å²) >= 11 is 5.80. The average molecular weight is 246 g/mol. The lowest BCUT2D eigenvalue weighted by Gasteiger charge is -2.22. The third-order valence-corrected chi connectivity index (χ3v) is 2.61. The predicted molar refractivity (Wildman–Crippen MR) is 65.2 cm³/mol. The van der Waals surface area contributed by atoms with Gasteiger partial charge in [0.05, 0.1) is 27.3 Å². The van der Waals surface area contributed by atoms with Crippen molar-refractivity contribution in [1.82, 2.24) is 0 Å². The highest BCUT2D eigenvalue weighted by Crippen LogP contribution is 2.41. The van der Waals surface area contributed by atoms with Crippen LogP contribution in [0, 0.1) is 0 Å². The number of rotatable bonds is 5. The fraction of sp³-hybridized carbons (Fsp3) is 0.455. The van der Waals surface area contributed by atoms with Crippen LogP contribution >= 0.6 is 11.6 Å². The summed E-state index contributed by atoms with van der Waals surface area (Å²) in [5.74, 6) is 2.01. The van der Waals surface area contributed by atoms with E-state index in [-0.39, 0.29) is 0 Å². The van der Waals surface area contributed by atoms with Crippen molar-refractivity contribution in [1.29, 1.82) is 0 Å². The molecule has 0 spiro atoms. The summed E-state index contributed by atoms with van der Waals surface area (Å²) < 4.78 is 15.7. The van der Waals surface area contributed by atoms with Crippen molar-refractivity contribution in [2.45, 2.75) is 0 Å². The third-order valence-electron chi connectivity index (χ3n) is 2.25. The summed E-state index contributed by atoms with van der Waals surface area (Å²) in [6.07, 6.45) is 0. The molecule has 0 heterocycles. The van der Waals surface area contributed by atoms with Crippen molar-refractivity contribution in [2.24, 2.45) is 0 Å². The molecule has 0 amide bonds. The van der Waals surface area contributed by atoms with Crippen LogP contribution in [0.5, 0.6) is 17.2 Å². The topological polar surface area (TPSA) is 30.9 Å². The minimum absolute atomic E-state index is 0.346. The van der Waals surface area contributed by atoms with Gasteiger partial charge < -0.3 is 19.1 Å². The Balaban J connectivity index is 3.31. The Morgan fingerprint density at radius 1 is 1.06 bits per heavy atom. The maximum Gasteiger partial charge on any atom is 0.149 e. The van der Waals surface area contributed by atoms with E-state index in [0.717, 1.165) is 5.69 Å². The average Bonchev–Trinajstić information content (AvgIpc) is 2.35. The van der Waals surface area contributed by atoms with Gasteiger partial charge in [-0.15, -0.1) is 11.6 Å². The maximum absolute atomic E-state index is 5.80. The third kappa shape index (κ3) is 2.44. The van der Waals surface area contributed by atoms with Crippen molar-refractivity contribution in [3.8, 4) is 17.2 Å². The Labute approximate surface area is 101 Å². The quantitative estimate of drug-likeness (QED) is 0.589. The molecule has 0 aliphatic carbocycles. The van der Waals surface area contributed by atoms with Crippen molar-refractivity contribution >= 4 is 17.3 Å². The number of benzene rings is 1. The molecule has 0 aromatic heterocycles. The molecule has 1 aromatic carbocycles. The van der Waals surface area contributed by atoms with Gasteiger partial charge in [0.15, 0.2) is 0 Å². The first kappa shape index (κ1) is 12.8. The van der Waals surface area contributed by atoms with Crippen LogP contribution in [-0.4, -0.2) is 34.4 Å². The smallest absolute Gasteiger partial charge is 0.149 e. The van der Waals surface area contributed by atoms with E-state index >= 15 is 0 Å². The second kappa shape index (κ2) is 5.70. The van der Waals surface area contributed by atoms with Crippen LogP contribution in [-0.2, 0) is 0 Å². The zero-order valence-corrected chi connectivity index (χ0v) is 10.7. The second-order valence-electron chi connectivity index (χ2n) is 3.20. The molecule has 0 unspecified atom stereocenters. The molecule has 16 heavy (non-hydrogen) atoms. The number of hydrogen-bond acceptors (Lipinski definition) is 4. The molecule has 90 valence electrons. The molecule has 0 aliphatic heterocycles. The minimum Gasteiger partial charge on any atom is -0.496 e. The van der Waals surface area contributed by atoms with E-state index in [1.165, 1.54) is 0 Å². The van der Waals surface area contributed by atoms with Crippen molar-refractivity contribution in [3.63, 3.8) is 0 Å². The van der Waals surface area contributed by atoms with Gasteiger partial charge in [-0.3, -0.25) is 0 Å². The van der Waals surface area contributed by atoms with Crippen LogP contribution in [0.4, 0.5) is 5.69 Å². The van der Waals surface area contributed by atoms with Crippen LogP contribution in [0.1, 0.15) is 0 Å². The molecule has 0 saturated heterocycles. The van der Waals surface area contributed by atoms with Gasteiger partial charge >= 0.3 is 0 Å². The summed E-state index contributed by atoms with van der Waals surface area (Å²) in [4.78, 5) is 1.83. The highest BCUT2D eigenvalue weighted by molar-refractivity contribution is 6.19. The fourth-order valence-electron chi connectivity index (χ4n) is 1.42. The van der Waals surface area contributed by atoms with E-state index in [1.54, 1.807) is 33.5 Å². The van der Waals surface area contributed by atoms with E-state index in [0.29, 0.717) is 23.3 Å². The first-order chi connectivity index (χ1) is 7.67. The fourth-order valence-corrected chi connectivity index (χ4v) is 1.54. The normalized spacial score (nSPS) is 9.81. The van der Waals surface area contributed by atoms with Crippen LogP contribution in [0.15, 0.2) is 12.1 Å². The number of hydrogen-bond donors (Lipinski definition) is 0. The van der Waals surface area contributed by atoms with Gasteiger partial charge in [0, 0.05) is 19.2 Å².